The summed E-state index contributed by atoms with van der Waals surface area (Å²) in [5.74, 6) is -0.155. The van der Waals surface area contributed by atoms with Gasteiger partial charge in [0.2, 0.25) is 0 Å². The van der Waals surface area contributed by atoms with Gasteiger partial charge < -0.3 is 0 Å². The molecule has 0 N–H and O–H groups in total. The third-order valence-corrected chi connectivity index (χ3v) is 2.40. The van der Waals surface area contributed by atoms with Crippen molar-refractivity contribution < 1.29 is 13.6 Å². The van der Waals surface area contributed by atoms with Crippen molar-refractivity contribution in [3.63, 3.8) is 0 Å². The molecule has 0 unspecified atom stereocenters. The molecule has 15 heavy (non-hydrogen) atoms. The summed E-state index contributed by atoms with van der Waals surface area (Å²) in [4.78, 5) is 11.3. The molecule has 1 rings (SSSR count). The maximum absolute atomic E-state index is 12.7. The molecule has 1 nitrogen and oxygen atoms in total. The summed E-state index contributed by atoms with van der Waals surface area (Å²) in [7, 11) is 0. The summed E-state index contributed by atoms with van der Waals surface area (Å²) < 4.78 is 25.5. The Morgan fingerprint density at radius 1 is 1.40 bits per heavy atom. The molecule has 0 aromatic heterocycles. The van der Waals surface area contributed by atoms with Gasteiger partial charge in [0.05, 0.1) is 0 Å². The average Bonchev–Trinajstić information content (AvgIpc) is 2.16. The Labute approximate surface area is 88.1 Å². The molecule has 3 heteroatoms. The first-order valence-electron chi connectivity index (χ1n) is 4.89. The summed E-state index contributed by atoms with van der Waals surface area (Å²) in [6, 6.07) is 3.13. The highest BCUT2D eigenvalue weighted by Gasteiger charge is 2.17. The van der Waals surface area contributed by atoms with Crippen molar-refractivity contribution in [2.45, 2.75) is 33.6 Å². The number of carbonyl (C=O) groups excluding carboxylic acids is 1. The Bertz CT molecular complexity index is 383. The average molecular weight is 212 g/mol. The van der Waals surface area contributed by atoms with Gasteiger partial charge >= 0.3 is 0 Å². The first-order chi connectivity index (χ1) is 6.97. The highest BCUT2D eigenvalue weighted by Crippen LogP contribution is 2.27. The molecule has 0 heterocycles. The van der Waals surface area contributed by atoms with E-state index < -0.39 is 6.43 Å². The number of hydrogen-bond acceptors (Lipinski definition) is 1. The van der Waals surface area contributed by atoms with E-state index >= 15 is 0 Å². The highest BCUT2D eigenvalue weighted by molar-refractivity contribution is 5.96. The van der Waals surface area contributed by atoms with Crippen LogP contribution in [-0.2, 0) is 6.42 Å². The second kappa shape index (κ2) is 4.51. The molecule has 1 aromatic carbocycles. The van der Waals surface area contributed by atoms with Crippen molar-refractivity contribution in [2.24, 2.45) is 0 Å². The zero-order valence-corrected chi connectivity index (χ0v) is 9.10. The molecule has 0 saturated carbocycles. The van der Waals surface area contributed by atoms with E-state index in [1.54, 1.807) is 19.9 Å². The fourth-order valence-electron chi connectivity index (χ4n) is 1.75. The third-order valence-electron chi connectivity index (χ3n) is 2.40. The molecule has 1 aromatic rings. The first-order valence-corrected chi connectivity index (χ1v) is 4.89. The van der Waals surface area contributed by atoms with Crippen molar-refractivity contribution in [2.75, 3.05) is 0 Å². The minimum absolute atomic E-state index is 0.0114. The molecule has 0 saturated heterocycles. The van der Waals surface area contributed by atoms with Gasteiger partial charge in [-0.15, -0.1) is 0 Å². The zero-order valence-electron chi connectivity index (χ0n) is 9.10. The van der Waals surface area contributed by atoms with Gasteiger partial charge in [0.25, 0.3) is 6.43 Å². The molecule has 0 atom stereocenters. The van der Waals surface area contributed by atoms with E-state index in [4.69, 9.17) is 0 Å². The molecule has 82 valence electrons. The minimum atomic E-state index is -2.52. The molecule has 0 fully saturated rings. The fourth-order valence-corrected chi connectivity index (χ4v) is 1.75. The monoisotopic (exact) mass is 212 g/mol. The van der Waals surface area contributed by atoms with Crippen molar-refractivity contribution in [1.29, 1.82) is 0 Å². The number of alkyl halides is 2. The predicted octanol–water partition coefficient (Wildman–Crippen LogP) is 3.70. The minimum Gasteiger partial charge on any atom is -0.295 e. The van der Waals surface area contributed by atoms with Gasteiger partial charge in [0.15, 0.2) is 5.78 Å². The number of benzene rings is 1. The molecule has 0 spiro atoms. The van der Waals surface area contributed by atoms with Gasteiger partial charge in [0.1, 0.15) is 0 Å². The van der Waals surface area contributed by atoms with Crippen LogP contribution in [0.4, 0.5) is 8.78 Å². The Morgan fingerprint density at radius 3 is 2.40 bits per heavy atom. The second-order valence-electron chi connectivity index (χ2n) is 3.59. The van der Waals surface area contributed by atoms with Crippen LogP contribution in [-0.4, -0.2) is 5.78 Å². The van der Waals surface area contributed by atoms with E-state index in [0.717, 1.165) is 0 Å². The topological polar surface area (TPSA) is 17.1 Å². The lowest BCUT2D eigenvalue weighted by molar-refractivity contribution is 0.101. The Morgan fingerprint density at radius 2 is 2.00 bits per heavy atom. The van der Waals surface area contributed by atoms with Crippen molar-refractivity contribution >= 4 is 5.78 Å². The number of Topliss-reactive ketones (excluding diaryl/α,β-unsaturated/α-hetero) is 1. The van der Waals surface area contributed by atoms with Crippen LogP contribution in [0.25, 0.3) is 0 Å². The van der Waals surface area contributed by atoms with Crippen LogP contribution in [0.15, 0.2) is 12.1 Å². The number of aryl methyl sites for hydroxylation is 1. The maximum Gasteiger partial charge on any atom is 0.264 e. The molecule has 0 aliphatic carbocycles. The van der Waals surface area contributed by atoms with E-state index in [-0.39, 0.29) is 11.3 Å². The smallest absolute Gasteiger partial charge is 0.264 e. The normalized spacial score (nSPS) is 10.8. The highest BCUT2D eigenvalue weighted by atomic mass is 19.3. The summed E-state index contributed by atoms with van der Waals surface area (Å²) in [5.41, 5.74) is 1.59. The van der Waals surface area contributed by atoms with Crippen LogP contribution in [0.5, 0.6) is 0 Å². The largest absolute Gasteiger partial charge is 0.295 e. The third kappa shape index (κ3) is 2.41. The SMILES string of the molecule is CCc1c(C(C)=O)cc(C)cc1C(F)F. The van der Waals surface area contributed by atoms with Gasteiger partial charge in [0, 0.05) is 11.1 Å². The van der Waals surface area contributed by atoms with E-state index in [2.05, 4.69) is 0 Å². The summed E-state index contributed by atoms with van der Waals surface area (Å²) in [6.07, 6.45) is -2.06. The Hall–Kier alpha value is -1.25. The van der Waals surface area contributed by atoms with Gasteiger partial charge in [-0.05, 0) is 37.5 Å². The van der Waals surface area contributed by atoms with Crippen LogP contribution < -0.4 is 0 Å². The van der Waals surface area contributed by atoms with Crippen LogP contribution in [0.1, 0.15) is 47.3 Å². The number of halogens is 2. The Kier molecular flexibility index (Phi) is 3.56. The zero-order chi connectivity index (χ0) is 11.6. The van der Waals surface area contributed by atoms with Gasteiger partial charge in [-0.25, -0.2) is 8.78 Å². The number of carbonyl (C=O) groups is 1. The molecular weight excluding hydrogens is 198 g/mol. The van der Waals surface area contributed by atoms with Crippen molar-refractivity contribution in [1.82, 2.24) is 0 Å². The predicted molar refractivity (Wildman–Crippen MR) is 55.5 cm³/mol. The maximum atomic E-state index is 12.7. The quantitative estimate of drug-likeness (QED) is 0.698. The summed E-state index contributed by atoms with van der Waals surface area (Å²) >= 11 is 0. The first kappa shape index (κ1) is 11.8. The van der Waals surface area contributed by atoms with Crippen LogP contribution >= 0.6 is 0 Å². The van der Waals surface area contributed by atoms with Crippen molar-refractivity contribution in [3.8, 4) is 0 Å². The molecule has 0 aliphatic rings. The van der Waals surface area contributed by atoms with Gasteiger partial charge in [-0.3, -0.25) is 4.79 Å². The van der Waals surface area contributed by atoms with E-state index in [1.165, 1.54) is 13.0 Å². The molecule has 0 bridgehead atoms. The molecule has 0 aliphatic heterocycles. The number of hydrogen-bond donors (Lipinski definition) is 0. The molecule has 0 amide bonds. The van der Waals surface area contributed by atoms with Crippen LogP contribution in [0.3, 0.4) is 0 Å². The molecule has 0 radical (unpaired) electrons. The van der Waals surface area contributed by atoms with Crippen molar-refractivity contribution in [3.05, 3.63) is 34.4 Å². The van der Waals surface area contributed by atoms with Crippen LogP contribution in [0.2, 0.25) is 0 Å². The summed E-state index contributed by atoms with van der Waals surface area (Å²) in [5, 5.41) is 0. The molecular formula is C12H14F2O. The van der Waals surface area contributed by atoms with Gasteiger partial charge in [-0.2, -0.15) is 0 Å². The van der Waals surface area contributed by atoms with E-state index in [9.17, 15) is 13.6 Å². The second-order valence-corrected chi connectivity index (χ2v) is 3.59. The number of rotatable bonds is 3. The Balaban J connectivity index is 3.45. The van der Waals surface area contributed by atoms with E-state index in [0.29, 0.717) is 23.1 Å². The summed E-state index contributed by atoms with van der Waals surface area (Å²) in [6.45, 7) is 4.91. The standard InChI is InChI=1S/C12H14F2O/c1-4-9-10(8(3)15)5-7(2)6-11(9)12(13)14/h5-6,12H,4H2,1-3H3. The van der Waals surface area contributed by atoms with E-state index in [1.807, 2.05) is 0 Å². The fraction of sp³-hybridized carbons (Fsp3) is 0.417. The van der Waals surface area contributed by atoms with Gasteiger partial charge in [-0.1, -0.05) is 13.0 Å². The lowest BCUT2D eigenvalue weighted by atomic mass is 9.94. The lowest BCUT2D eigenvalue weighted by Gasteiger charge is -2.12. The number of ketones is 1. The van der Waals surface area contributed by atoms with Crippen LogP contribution in [0, 0.1) is 6.92 Å². The lowest BCUT2D eigenvalue weighted by Crippen LogP contribution is -2.04.